The van der Waals surface area contributed by atoms with Gasteiger partial charge in [0.1, 0.15) is 5.82 Å². The van der Waals surface area contributed by atoms with Gasteiger partial charge in [0.2, 0.25) is 5.91 Å². The van der Waals surface area contributed by atoms with E-state index >= 15 is 0 Å². The number of amides is 2. The average Bonchev–Trinajstić information content (AvgIpc) is 2.94. The topological polar surface area (TPSA) is 92.3 Å². The fraction of sp³-hybridized carbons (Fsp3) is 0.300. The van der Waals surface area contributed by atoms with E-state index in [0.717, 1.165) is 0 Å². The molecule has 1 aliphatic heterocycles. The molecule has 0 bridgehead atoms. The number of carbonyl (C=O) groups excluding carboxylic acids is 2. The minimum absolute atomic E-state index is 0.0593. The number of rotatable bonds is 6. The lowest BCUT2D eigenvalue weighted by atomic mass is 10.0. The van der Waals surface area contributed by atoms with Gasteiger partial charge in [-0.25, -0.2) is 12.8 Å². The predicted molar refractivity (Wildman–Crippen MR) is 111 cm³/mol. The number of halogens is 1. The Labute approximate surface area is 173 Å². The van der Waals surface area contributed by atoms with E-state index in [4.69, 9.17) is 0 Å². The zero-order valence-electron chi connectivity index (χ0n) is 15.8. The number of thioether (sulfide) groups is 1. The first-order valence-corrected chi connectivity index (χ1v) is 11.8. The molecule has 0 unspecified atom stereocenters. The number of anilines is 1. The monoisotopic (exact) mass is 436 g/mol. The van der Waals surface area contributed by atoms with E-state index in [1.165, 1.54) is 36.0 Å². The van der Waals surface area contributed by atoms with Gasteiger partial charge >= 0.3 is 0 Å². The summed E-state index contributed by atoms with van der Waals surface area (Å²) in [6.07, 6.45) is 0.371. The minimum Gasteiger partial charge on any atom is -0.346 e. The number of hydrogen-bond donors (Lipinski definition) is 2. The van der Waals surface area contributed by atoms with Gasteiger partial charge in [0.15, 0.2) is 9.84 Å². The number of benzene rings is 2. The molecule has 2 aromatic rings. The van der Waals surface area contributed by atoms with Crippen molar-refractivity contribution >= 4 is 39.1 Å². The van der Waals surface area contributed by atoms with E-state index in [1.54, 1.807) is 31.2 Å². The van der Waals surface area contributed by atoms with E-state index < -0.39 is 15.4 Å². The van der Waals surface area contributed by atoms with Crippen LogP contribution in [-0.4, -0.2) is 43.0 Å². The van der Waals surface area contributed by atoms with Crippen molar-refractivity contribution in [2.45, 2.75) is 23.8 Å². The van der Waals surface area contributed by atoms with Crippen molar-refractivity contribution in [3.05, 3.63) is 59.9 Å². The molecule has 29 heavy (non-hydrogen) atoms. The third-order valence-electron chi connectivity index (χ3n) is 4.54. The fourth-order valence-corrected chi connectivity index (χ4v) is 6.05. The number of hydrogen-bond acceptors (Lipinski definition) is 5. The third kappa shape index (κ3) is 5.80. The normalized spacial score (nSPS) is 20.2. The molecular formula is C20H21FN2O4S2. The molecule has 2 N–H and O–H groups in total. The van der Waals surface area contributed by atoms with Crippen LogP contribution in [0.1, 0.15) is 23.7 Å². The van der Waals surface area contributed by atoms with Crippen molar-refractivity contribution < 1.29 is 22.4 Å². The van der Waals surface area contributed by atoms with Crippen molar-refractivity contribution in [1.29, 1.82) is 0 Å². The van der Waals surface area contributed by atoms with Crippen LogP contribution in [0.2, 0.25) is 0 Å². The van der Waals surface area contributed by atoms with E-state index in [0.29, 0.717) is 22.6 Å². The van der Waals surface area contributed by atoms with Crippen LogP contribution in [0, 0.1) is 5.82 Å². The molecule has 154 valence electrons. The molecule has 0 spiro atoms. The Kier molecular flexibility index (Phi) is 6.28. The summed E-state index contributed by atoms with van der Waals surface area (Å²) in [5.41, 5.74) is 0.0733. The highest BCUT2D eigenvalue weighted by Gasteiger charge is 2.39. The fourth-order valence-electron chi connectivity index (χ4n) is 3.10. The van der Waals surface area contributed by atoms with Gasteiger partial charge in [0.25, 0.3) is 5.91 Å². The second-order valence-electron chi connectivity index (χ2n) is 7.20. The third-order valence-corrected chi connectivity index (χ3v) is 7.51. The van der Waals surface area contributed by atoms with Gasteiger partial charge in [-0.1, -0.05) is 12.1 Å². The molecule has 0 saturated carbocycles. The average molecular weight is 437 g/mol. The Hall–Kier alpha value is -2.39. The first-order chi connectivity index (χ1) is 13.7. The molecule has 1 aliphatic rings. The van der Waals surface area contributed by atoms with Crippen LogP contribution in [0.15, 0.2) is 53.4 Å². The standard InChI is InChI=1S/C20H21FN2O4S2/c1-20(10-11-29(26,27)13-20)23-19(25)16-4-2-3-5-17(16)28-12-18(24)22-15-8-6-14(21)7-9-15/h2-9H,10-13H2,1H3,(H,22,24)(H,23,25)/t20-/m0/s1. The molecule has 2 aromatic carbocycles. The summed E-state index contributed by atoms with van der Waals surface area (Å²) < 4.78 is 36.5. The minimum atomic E-state index is -3.14. The molecule has 1 fully saturated rings. The van der Waals surface area contributed by atoms with Gasteiger partial charge in [0, 0.05) is 10.6 Å². The molecule has 1 atom stereocenters. The molecule has 9 heteroatoms. The predicted octanol–water partition coefficient (Wildman–Crippen LogP) is 2.86. The van der Waals surface area contributed by atoms with E-state index in [2.05, 4.69) is 10.6 Å². The molecule has 1 saturated heterocycles. The lowest BCUT2D eigenvalue weighted by Gasteiger charge is -2.24. The summed E-state index contributed by atoms with van der Waals surface area (Å²) in [4.78, 5) is 25.5. The van der Waals surface area contributed by atoms with Crippen LogP contribution in [0.5, 0.6) is 0 Å². The number of carbonyl (C=O) groups is 2. The second-order valence-corrected chi connectivity index (χ2v) is 10.4. The maximum Gasteiger partial charge on any atom is 0.252 e. The quantitative estimate of drug-likeness (QED) is 0.680. The van der Waals surface area contributed by atoms with Crippen LogP contribution in [-0.2, 0) is 14.6 Å². The van der Waals surface area contributed by atoms with Crippen molar-refractivity contribution in [2.75, 3.05) is 22.6 Å². The summed E-state index contributed by atoms with van der Waals surface area (Å²) in [5.74, 6) is -1.00. The van der Waals surface area contributed by atoms with Crippen molar-refractivity contribution in [3.63, 3.8) is 0 Å². The largest absolute Gasteiger partial charge is 0.346 e. The van der Waals surface area contributed by atoms with Crippen molar-refractivity contribution in [2.24, 2.45) is 0 Å². The zero-order chi connectivity index (χ0) is 21.1. The summed E-state index contributed by atoms with van der Waals surface area (Å²) in [6, 6.07) is 12.3. The van der Waals surface area contributed by atoms with Crippen LogP contribution in [0.4, 0.5) is 10.1 Å². The Morgan fingerprint density at radius 2 is 1.83 bits per heavy atom. The highest BCUT2D eigenvalue weighted by molar-refractivity contribution is 8.00. The molecule has 0 aromatic heterocycles. The highest BCUT2D eigenvalue weighted by Crippen LogP contribution is 2.26. The molecule has 3 rings (SSSR count). The molecule has 6 nitrogen and oxygen atoms in total. The van der Waals surface area contributed by atoms with Crippen molar-refractivity contribution in [1.82, 2.24) is 5.32 Å². The van der Waals surface area contributed by atoms with E-state index in [9.17, 15) is 22.4 Å². The second kappa shape index (κ2) is 8.54. The molecule has 0 aliphatic carbocycles. The highest BCUT2D eigenvalue weighted by atomic mass is 32.2. The summed E-state index contributed by atoms with van der Waals surface area (Å²) >= 11 is 1.20. The maximum absolute atomic E-state index is 12.9. The first-order valence-electron chi connectivity index (χ1n) is 8.96. The van der Waals surface area contributed by atoms with Crippen LogP contribution in [0.3, 0.4) is 0 Å². The maximum atomic E-state index is 12.9. The van der Waals surface area contributed by atoms with E-state index in [-0.39, 0.29) is 34.9 Å². The SMILES string of the molecule is C[C@]1(NC(=O)c2ccccc2SCC(=O)Nc2ccc(F)cc2)CCS(=O)(=O)C1. The molecule has 0 radical (unpaired) electrons. The molecule has 1 heterocycles. The molecular weight excluding hydrogens is 415 g/mol. The number of nitrogens with one attached hydrogen (secondary N) is 2. The van der Waals surface area contributed by atoms with Crippen LogP contribution >= 0.6 is 11.8 Å². The van der Waals surface area contributed by atoms with Gasteiger partial charge in [-0.05, 0) is 49.7 Å². The van der Waals surface area contributed by atoms with Crippen LogP contribution in [0.25, 0.3) is 0 Å². The smallest absolute Gasteiger partial charge is 0.252 e. The van der Waals surface area contributed by atoms with Gasteiger partial charge in [0.05, 0.1) is 28.4 Å². The van der Waals surface area contributed by atoms with Gasteiger partial charge < -0.3 is 10.6 Å². The van der Waals surface area contributed by atoms with Gasteiger partial charge in [-0.3, -0.25) is 9.59 Å². The summed E-state index contributed by atoms with van der Waals surface area (Å²) in [5, 5.41) is 5.50. The van der Waals surface area contributed by atoms with Gasteiger partial charge in [-0.15, -0.1) is 11.8 Å². The number of sulfone groups is 1. The Morgan fingerprint density at radius 3 is 2.48 bits per heavy atom. The molecule has 2 amide bonds. The van der Waals surface area contributed by atoms with E-state index in [1.807, 2.05) is 0 Å². The lowest BCUT2D eigenvalue weighted by Crippen LogP contribution is -2.47. The first kappa shape index (κ1) is 21.3. The van der Waals surface area contributed by atoms with Gasteiger partial charge in [-0.2, -0.15) is 0 Å². The summed E-state index contributed by atoms with van der Waals surface area (Å²) in [6.45, 7) is 1.72. The van der Waals surface area contributed by atoms with Crippen LogP contribution < -0.4 is 10.6 Å². The van der Waals surface area contributed by atoms with Crippen molar-refractivity contribution in [3.8, 4) is 0 Å². The Balaban J connectivity index is 1.63. The lowest BCUT2D eigenvalue weighted by molar-refractivity contribution is -0.113. The Bertz CT molecular complexity index is 1030. The summed E-state index contributed by atoms with van der Waals surface area (Å²) in [7, 11) is -3.14. The zero-order valence-corrected chi connectivity index (χ0v) is 17.4. The Morgan fingerprint density at radius 1 is 1.14 bits per heavy atom.